The summed E-state index contributed by atoms with van der Waals surface area (Å²) in [7, 11) is 0. The minimum atomic E-state index is 0.219. The molecule has 1 fully saturated rings. The first-order valence-electron chi connectivity index (χ1n) is 7.00. The Kier molecular flexibility index (Phi) is 3.86. The zero-order valence-electron chi connectivity index (χ0n) is 11.5. The number of nitrogens with zero attached hydrogens (tertiary/aromatic N) is 1. The largest absolute Gasteiger partial charge is 0.264 e. The van der Waals surface area contributed by atoms with Gasteiger partial charge in [0, 0.05) is 12.4 Å². The number of aromatic nitrogens is 1. The molecule has 1 aromatic heterocycles. The lowest BCUT2D eigenvalue weighted by atomic mass is 9.87. The van der Waals surface area contributed by atoms with Crippen LogP contribution in [-0.4, -0.2) is 4.98 Å². The number of unbranched alkanes of at least 4 members (excludes halogenated alkanes) is 1. The van der Waals surface area contributed by atoms with Crippen LogP contribution in [0.2, 0.25) is 0 Å². The van der Waals surface area contributed by atoms with Crippen LogP contribution in [0.3, 0.4) is 0 Å². The van der Waals surface area contributed by atoms with Gasteiger partial charge in [0.25, 0.3) is 0 Å². The minimum absolute atomic E-state index is 0.219. The Labute approximate surface area is 106 Å². The summed E-state index contributed by atoms with van der Waals surface area (Å²) in [6.07, 6.45) is 12.4. The van der Waals surface area contributed by atoms with Crippen LogP contribution < -0.4 is 0 Å². The smallest absolute Gasteiger partial charge is 0.0305 e. The van der Waals surface area contributed by atoms with Crippen molar-refractivity contribution in [3.63, 3.8) is 0 Å². The van der Waals surface area contributed by atoms with Crippen molar-refractivity contribution in [3.8, 4) is 0 Å². The lowest BCUT2D eigenvalue weighted by Crippen LogP contribution is -2.11. The Morgan fingerprint density at radius 1 is 1.18 bits per heavy atom. The molecule has 1 saturated carbocycles. The second-order valence-electron chi connectivity index (χ2n) is 6.52. The predicted molar refractivity (Wildman–Crippen MR) is 73.2 cm³/mol. The Balaban J connectivity index is 1.82. The van der Waals surface area contributed by atoms with Crippen molar-refractivity contribution < 1.29 is 0 Å². The maximum Gasteiger partial charge on any atom is 0.0305 e. The van der Waals surface area contributed by atoms with Crippen LogP contribution in [0.15, 0.2) is 18.5 Å². The van der Waals surface area contributed by atoms with Crippen molar-refractivity contribution in [2.45, 2.75) is 64.7 Å². The maximum absolute atomic E-state index is 4.38. The standard InChI is InChI=1S/C16H25N/c1-16(2,3)15-10-14(11-17-12-15)7-5-4-6-13-8-9-13/h10-13H,4-9H2,1-3H3. The SMILES string of the molecule is CC(C)(C)c1cncc(CCCCC2CC2)c1. The van der Waals surface area contributed by atoms with Gasteiger partial charge in [0.15, 0.2) is 0 Å². The third-order valence-corrected chi connectivity index (χ3v) is 3.69. The zero-order valence-corrected chi connectivity index (χ0v) is 11.5. The molecule has 0 saturated heterocycles. The highest BCUT2D eigenvalue weighted by atomic mass is 14.6. The molecule has 0 radical (unpaired) electrons. The topological polar surface area (TPSA) is 12.9 Å². The van der Waals surface area contributed by atoms with Crippen molar-refractivity contribution in [3.05, 3.63) is 29.6 Å². The van der Waals surface area contributed by atoms with Crippen LogP contribution in [0, 0.1) is 5.92 Å². The molecule has 0 unspecified atom stereocenters. The minimum Gasteiger partial charge on any atom is -0.264 e. The molecule has 0 bridgehead atoms. The van der Waals surface area contributed by atoms with Crippen molar-refractivity contribution in [2.75, 3.05) is 0 Å². The Morgan fingerprint density at radius 2 is 1.94 bits per heavy atom. The fraction of sp³-hybridized carbons (Fsp3) is 0.688. The molecule has 1 aromatic rings. The maximum atomic E-state index is 4.38. The Morgan fingerprint density at radius 3 is 2.59 bits per heavy atom. The van der Waals surface area contributed by atoms with E-state index < -0.39 is 0 Å². The molecule has 0 atom stereocenters. The average Bonchev–Trinajstić information content (AvgIpc) is 3.08. The summed E-state index contributed by atoms with van der Waals surface area (Å²) in [6.45, 7) is 6.75. The first-order valence-corrected chi connectivity index (χ1v) is 7.00. The van der Waals surface area contributed by atoms with E-state index in [1.807, 2.05) is 12.4 Å². The normalized spacial score (nSPS) is 16.2. The summed E-state index contributed by atoms with van der Waals surface area (Å²) in [5.74, 6) is 1.08. The lowest BCUT2D eigenvalue weighted by Gasteiger charge is -2.19. The molecule has 0 amide bonds. The third-order valence-electron chi connectivity index (χ3n) is 3.69. The van der Waals surface area contributed by atoms with Gasteiger partial charge in [-0.15, -0.1) is 0 Å². The van der Waals surface area contributed by atoms with Gasteiger partial charge < -0.3 is 0 Å². The van der Waals surface area contributed by atoms with E-state index in [1.165, 1.54) is 49.7 Å². The van der Waals surface area contributed by atoms with Gasteiger partial charge in [0.1, 0.15) is 0 Å². The lowest BCUT2D eigenvalue weighted by molar-refractivity contribution is 0.584. The van der Waals surface area contributed by atoms with Crippen LogP contribution >= 0.6 is 0 Å². The van der Waals surface area contributed by atoms with E-state index >= 15 is 0 Å². The zero-order chi connectivity index (χ0) is 12.3. The molecular weight excluding hydrogens is 206 g/mol. The van der Waals surface area contributed by atoms with Crippen molar-refractivity contribution >= 4 is 0 Å². The fourth-order valence-corrected chi connectivity index (χ4v) is 2.20. The van der Waals surface area contributed by atoms with E-state index in [1.54, 1.807) is 0 Å². The molecule has 2 rings (SSSR count). The molecule has 0 spiro atoms. The number of pyridine rings is 1. The summed E-state index contributed by atoms with van der Waals surface area (Å²) in [4.78, 5) is 4.38. The van der Waals surface area contributed by atoms with Crippen LogP contribution in [0.4, 0.5) is 0 Å². The molecule has 1 aliphatic rings. The Bertz CT molecular complexity index is 358. The molecule has 0 aromatic carbocycles. The first kappa shape index (κ1) is 12.6. The highest BCUT2D eigenvalue weighted by molar-refractivity contribution is 5.24. The number of hydrogen-bond acceptors (Lipinski definition) is 1. The van der Waals surface area contributed by atoms with E-state index in [-0.39, 0.29) is 5.41 Å². The third kappa shape index (κ3) is 4.14. The summed E-state index contributed by atoms with van der Waals surface area (Å²) in [5, 5.41) is 0. The summed E-state index contributed by atoms with van der Waals surface area (Å²) in [5.41, 5.74) is 2.99. The predicted octanol–water partition coefficient (Wildman–Crippen LogP) is 4.50. The monoisotopic (exact) mass is 231 g/mol. The van der Waals surface area contributed by atoms with Gasteiger partial charge in [0.2, 0.25) is 0 Å². The molecule has 1 heteroatoms. The van der Waals surface area contributed by atoms with Gasteiger partial charge in [-0.2, -0.15) is 0 Å². The summed E-state index contributed by atoms with van der Waals surface area (Å²) < 4.78 is 0. The summed E-state index contributed by atoms with van der Waals surface area (Å²) >= 11 is 0. The van der Waals surface area contributed by atoms with E-state index in [9.17, 15) is 0 Å². The second-order valence-corrected chi connectivity index (χ2v) is 6.52. The Hall–Kier alpha value is -0.850. The molecule has 1 nitrogen and oxygen atoms in total. The number of rotatable bonds is 5. The fourth-order valence-electron chi connectivity index (χ4n) is 2.20. The van der Waals surface area contributed by atoms with Gasteiger partial charge >= 0.3 is 0 Å². The highest BCUT2D eigenvalue weighted by Crippen LogP contribution is 2.34. The quantitative estimate of drug-likeness (QED) is 0.680. The van der Waals surface area contributed by atoms with E-state index in [2.05, 4.69) is 31.8 Å². The average molecular weight is 231 g/mol. The van der Waals surface area contributed by atoms with Gasteiger partial charge in [0.05, 0.1) is 0 Å². The molecule has 1 aliphatic carbocycles. The molecule has 1 heterocycles. The molecule has 0 aliphatic heterocycles. The second kappa shape index (κ2) is 5.20. The summed E-state index contributed by atoms with van der Waals surface area (Å²) in [6, 6.07) is 2.34. The van der Waals surface area contributed by atoms with E-state index in [0.717, 1.165) is 5.92 Å². The highest BCUT2D eigenvalue weighted by Gasteiger charge is 2.20. The first-order chi connectivity index (χ1) is 8.05. The van der Waals surface area contributed by atoms with Gasteiger partial charge in [-0.25, -0.2) is 0 Å². The van der Waals surface area contributed by atoms with Crippen molar-refractivity contribution in [1.29, 1.82) is 0 Å². The molecule has 94 valence electrons. The van der Waals surface area contributed by atoms with E-state index in [0.29, 0.717) is 0 Å². The molecule has 0 N–H and O–H groups in total. The van der Waals surface area contributed by atoms with Gasteiger partial charge in [-0.3, -0.25) is 4.98 Å². The van der Waals surface area contributed by atoms with Crippen LogP contribution in [-0.2, 0) is 11.8 Å². The molecular formula is C16H25N. The van der Waals surface area contributed by atoms with Gasteiger partial charge in [-0.05, 0) is 35.3 Å². The van der Waals surface area contributed by atoms with E-state index in [4.69, 9.17) is 0 Å². The number of aryl methyl sites for hydroxylation is 1. The van der Waals surface area contributed by atoms with Crippen LogP contribution in [0.5, 0.6) is 0 Å². The van der Waals surface area contributed by atoms with Crippen LogP contribution in [0.1, 0.15) is 64.0 Å². The van der Waals surface area contributed by atoms with Gasteiger partial charge in [-0.1, -0.05) is 52.5 Å². The van der Waals surface area contributed by atoms with Crippen molar-refractivity contribution in [2.24, 2.45) is 5.92 Å². The van der Waals surface area contributed by atoms with Crippen LogP contribution in [0.25, 0.3) is 0 Å². The van der Waals surface area contributed by atoms with Crippen molar-refractivity contribution in [1.82, 2.24) is 4.98 Å². The number of hydrogen-bond donors (Lipinski definition) is 0. The molecule has 17 heavy (non-hydrogen) atoms.